The zero-order valence-electron chi connectivity index (χ0n) is 16.9. The Bertz CT molecular complexity index is 1160. The molecule has 0 spiro atoms. The fourth-order valence-corrected chi connectivity index (χ4v) is 4.06. The summed E-state index contributed by atoms with van der Waals surface area (Å²) in [6.07, 6.45) is 1.66. The van der Waals surface area contributed by atoms with E-state index in [2.05, 4.69) is 22.3 Å². The predicted molar refractivity (Wildman–Crippen MR) is 119 cm³/mol. The Hall–Kier alpha value is -3.32. The number of carbonyl (C=O) groups excluding carboxylic acids is 1. The van der Waals surface area contributed by atoms with Crippen molar-refractivity contribution >= 4 is 28.4 Å². The third-order valence-corrected chi connectivity index (χ3v) is 5.76. The monoisotopic (exact) mass is 418 g/mol. The van der Waals surface area contributed by atoms with Gasteiger partial charge in [-0.05, 0) is 46.7 Å². The van der Waals surface area contributed by atoms with Gasteiger partial charge in [0.25, 0.3) is 0 Å². The molecule has 0 saturated carbocycles. The van der Waals surface area contributed by atoms with E-state index in [1.807, 2.05) is 66.2 Å². The van der Waals surface area contributed by atoms with Gasteiger partial charge in [-0.15, -0.1) is 10.2 Å². The van der Waals surface area contributed by atoms with Gasteiger partial charge in [0.2, 0.25) is 5.91 Å². The molecule has 4 aromatic rings. The van der Waals surface area contributed by atoms with Gasteiger partial charge in [0.15, 0.2) is 5.16 Å². The minimum absolute atomic E-state index is 0.0393. The van der Waals surface area contributed by atoms with Crippen LogP contribution in [-0.4, -0.2) is 45.5 Å². The van der Waals surface area contributed by atoms with E-state index in [-0.39, 0.29) is 5.91 Å². The van der Waals surface area contributed by atoms with Gasteiger partial charge in [0, 0.05) is 19.3 Å². The number of carbonyl (C=O) groups is 1. The van der Waals surface area contributed by atoms with E-state index < -0.39 is 0 Å². The highest BCUT2D eigenvalue weighted by Crippen LogP contribution is 2.23. The fourth-order valence-electron chi connectivity index (χ4n) is 3.19. The molecule has 0 bridgehead atoms. The Labute approximate surface area is 179 Å². The fraction of sp³-hybridized carbons (Fsp3) is 0.174. The number of hydrogen-bond acceptors (Lipinski definition) is 5. The number of methoxy groups -OCH3 is 1. The van der Waals surface area contributed by atoms with E-state index in [0.717, 1.165) is 27.8 Å². The van der Waals surface area contributed by atoms with Crippen LogP contribution in [0.15, 0.2) is 78.2 Å². The van der Waals surface area contributed by atoms with Crippen LogP contribution >= 0.6 is 11.8 Å². The molecule has 6 nitrogen and oxygen atoms in total. The first-order valence-electron chi connectivity index (χ1n) is 9.53. The van der Waals surface area contributed by atoms with Gasteiger partial charge >= 0.3 is 0 Å². The van der Waals surface area contributed by atoms with Crippen molar-refractivity contribution in [3.63, 3.8) is 0 Å². The Morgan fingerprint density at radius 2 is 1.83 bits per heavy atom. The van der Waals surface area contributed by atoms with Gasteiger partial charge in [-0.3, -0.25) is 9.36 Å². The van der Waals surface area contributed by atoms with Gasteiger partial charge < -0.3 is 9.64 Å². The van der Waals surface area contributed by atoms with Crippen LogP contribution in [0.5, 0.6) is 5.75 Å². The second kappa shape index (κ2) is 9.00. The number of thioether (sulfide) groups is 1. The third kappa shape index (κ3) is 4.46. The average molecular weight is 419 g/mol. The van der Waals surface area contributed by atoms with Crippen molar-refractivity contribution < 1.29 is 9.53 Å². The molecule has 3 aromatic carbocycles. The van der Waals surface area contributed by atoms with E-state index in [4.69, 9.17) is 4.74 Å². The summed E-state index contributed by atoms with van der Waals surface area (Å²) in [6, 6.07) is 22.0. The summed E-state index contributed by atoms with van der Waals surface area (Å²) in [7, 11) is 3.49. The van der Waals surface area contributed by atoms with Crippen LogP contribution in [0.4, 0.5) is 0 Å². The van der Waals surface area contributed by atoms with Crippen LogP contribution in [0.2, 0.25) is 0 Å². The van der Waals surface area contributed by atoms with E-state index >= 15 is 0 Å². The molecule has 4 rings (SSSR count). The Kier molecular flexibility index (Phi) is 5.99. The molecule has 0 aliphatic heterocycles. The van der Waals surface area contributed by atoms with Crippen LogP contribution in [0, 0.1) is 0 Å². The minimum atomic E-state index is 0.0393. The number of para-hydroxylation sites is 1. The van der Waals surface area contributed by atoms with Gasteiger partial charge in [-0.2, -0.15) is 0 Å². The molecule has 0 unspecified atom stereocenters. The SMILES string of the molecule is COc1ccc2cc(CN(C)C(=O)CSc3nncn3-c3ccccc3)ccc2c1. The van der Waals surface area contributed by atoms with Crippen LogP contribution in [0.1, 0.15) is 5.56 Å². The first kappa shape index (κ1) is 20.0. The maximum Gasteiger partial charge on any atom is 0.233 e. The predicted octanol–water partition coefficient (Wildman–Crippen LogP) is 4.18. The lowest BCUT2D eigenvalue weighted by atomic mass is 10.1. The molecule has 152 valence electrons. The van der Waals surface area contributed by atoms with Crippen molar-refractivity contribution in [2.75, 3.05) is 19.9 Å². The lowest BCUT2D eigenvalue weighted by Gasteiger charge is -2.17. The van der Waals surface area contributed by atoms with E-state index in [0.29, 0.717) is 17.5 Å². The average Bonchev–Trinajstić information content (AvgIpc) is 3.26. The number of hydrogen-bond donors (Lipinski definition) is 0. The number of aromatic nitrogens is 3. The van der Waals surface area contributed by atoms with Gasteiger partial charge in [0.05, 0.1) is 12.9 Å². The topological polar surface area (TPSA) is 60.2 Å². The second-order valence-electron chi connectivity index (χ2n) is 6.90. The number of rotatable bonds is 7. The van der Waals surface area contributed by atoms with E-state index in [1.165, 1.54) is 11.8 Å². The van der Waals surface area contributed by atoms with Crippen molar-refractivity contribution in [2.24, 2.45) is 0 Å². The van der Waals surface area contributed by atoms with Crippen molar-refractivity contribution in [1.29, 1.82) is 0 Å². The van der Waals surface area contributed by atoms with Crippen molar-refractivity contribution in [2.45, 2.75) is 11.7 Å². The maximum atomic E-state index is 12.7. The molecule has 0 fully saturated rings. The molecular weight excluding hydrogens is 396 g/mol. The summed E-state index contributed by atoms with van der Waals surface area (Å²) in [5.41, 5.74) is 2.06. The molecule has 0 aliphatic rings. The Morgan fingerprint density at radius 3 is 2.63 bits per heavy atom. The zero-order chi connectivity index (χ0) is 20.9. The summed E-state index contributed by atoms with van der Waals surface area (Å²) < 4.78 is 7.16. The van der Waals surface area contributed by atoms with E-state index in [1.54, 1.807) is 18.3 Å². The highest BCUT2D eigenvalue weighted by Gasteiger charge is 2.14. The van der Waals surface area contributed by atoms with Gasteiger partial charge in [-0.25, -0.2) is 0 Å². The first-order valence-corrected chi connectivity index (χ1v) is 10.5. The Balaban J connectivity index is 1.39. The molecule has 0 saturated heterocycles. The number of amides is 1. The molecule has 7 heteroatoms. The highest BCUT2D eigenvalue weighted by atomic mass is 32.2. The molecular formula is C23H22N4O2S. The first-order chi connectivity index (χ1) is 14.6. The number of nitrogens with zero attached hydrogens (tertiary/aromatic N) is 4. The number of benzene rings is 3. The summed E-state index contributed by atoms with van der Waals surface area (Å²) in [5, 5.41) is 11.1. The van der Waals surface area contributed by atoms with Crippen LogP contribution in [0.25, 0.3) is 16.5 Å². The van der Waals surface area contributed by atoms with Crippen LogP contribution in [0.3, 0.4) is 0 Å². The largest absolute Gasteiger partial charge is 0.497 e. The maximum absolute atomic E-state index is 12.7. The molecule has 30 heavy (non-hydrogen) atoms. The van der Waals surface area contributed by atoms with Crippen molar-refractivity contribution in [3.05, 3.63) is 78.6 Å². The molecule has 1 amide bonds. The number of fused-ring (bicyclic) bond motifs is 1. The van der Waals surface area contributed by atoms with Gasteiger partial charge in [0.1, 0.15) is 12.1 Å². The molecule has 1 aromatic heterocycles. The third-order valence-electron chi connectivity index (χ3n) is 4.83. The smallest absolute Gasteiger partial charge is 0.233 e. The van der Waals surface area contributed by atoms with Crippen LogP contribution < -0.4 is 4.74 Å². The lowest BCUT2D eigenvalue weighted by molar-refractivity contribution is -0.127. The highest BCUT2D eigenvalue weighted by molar-refractivity contribution is 7.99. The van der Waals surface area contributed by atoms with Gasteiger partial charge in [-0.1, -0.05) is 48.2 Å². The molecule has 0 N–H and O–H groups in total. The number of ether oxygens (including phenoxy) is 1. The summed E-state index contributed by atoms with van der Waals surface area (Å²) in [6.45, 7) is 0.548. The quantitative estimate of drug-likeness (QED) is 0.422. The normalized spacial score (nSPS) is 10.9. The zero-order valence-corrected chi connectivity index (χ0v) is 17.7. The second-order valence-corrected chi connectivity index (χ2v) is 7.85. The summed E-state index contributed by atoms with van der Waals surface area (Å²) in [4.78, 5) is 14.4. The molecule has 1 heterocycles. The minimum Gasteiger partial charge on any atom is -0.497 e. The van der Waals surface area contributed by atoms with Crippen LogP contribution in [-0.2, 0) is 11.3 Å². The van der Waals surface area contributed by atoms with Crippen molar-refractivity contribution in [1.82, 2.24) is 19.7 Å². The lowest BCUT2D eigenvalue weighted by Crippen LogP contribution is -2.27. The molecule has 0 radical (unpaired) electrons. The summed E-state index contributed by atoms with van der Waals surface area (Å²) >= 11 is 1.39. The standard InChI is InChI=1S/C23H22N4O2S/c1-26(14-17-8-9-19-13-21(29-2)11-10-18(19)12-17)22(28)15-30-23-25-24-16-27(23)20-6-4-3-5-7-20/h3-13,16H,14-15H2,1-2H3. The Morgan fingerprint density at radius 1 is 1.07 bits per heavy atom. The molecule has 0 aliphatic carbocycles. The summed E-state index contributed by atoms with van der Waals surface area (Å²) in [5.74, 6) is 1.17. The molecule has 0 atom stereocenters. The van der Waals surface area contributed by atoms with Crippen molar-refractivity contribution in [3.8, 4) is 11.4 Å². The van der Waals surface area contributed by atoms with E-state index in [9.17, 15) is 4.79 Å².